The van der Waals surface area contributed by atoms with Crippen molar-refractivity contribution in [2.45, 2.75) is 6.42 Å². The van der Waals surface area contributed by atoms with Crippen LogP contribution in [0.2, 0.25) is 0 Å². The summed E-state index contributed by atoms with van der Waals surface area (Å²) in [5.41, 5.74) is 0. The summed E-state index contributed by atoms with van der Waals surface area (Å²) < 4.78 is 25.5. The Hall–Kier alpha value is -0.170. The van der Waals surface area contributed by atoms with Gasteiger partial charge in [-0.2, -0.15) is 17.0 Å². The zero-order valence-electron chi connectivity index (χ0n) is 8.74. The Balaban J connectivity index is 4.03. The molecule has 0 aromatic heterocycles. The van der Waals surface area contributed by atoms with Crippen molar-refractivity contribution in [3.05, 3.63) is 0 Å². The van der Waals surface area contributed by atoms with Gasteiger partial charge in [0.25, 0.3) is 10.2 Å². The lowest BCUT2D eigenvalue weighted by molar-refractivity contribution is 0.411. The highest BCUT2D eigenvalue weighted by molar-refractivity contribution is 7.86. The van der Waals surface area contributed by atoms with Gasteiger partial charge in [-0.3, -0.25) is 0 Å². The van der Waals surface area contributed by atoms with Crippen LogP contribution < -0.4 is 5.32 Å². The Kier molecular flexibility index (Phi) is 5.46. The molecule has 0 bridgehead atoms. The standard InChI is InChI=1S/C7H19N3O2S/c1-8-6-5-7-10(4)13(11,12)9(2)3/h8H,5-7H2,1-4H3. The van der Waals surface area contributed by atoms with Crippen LogP contribution in [-0.2, 0) is 10.2 Å². The van der Waals surface area contributed by atoms with Crippen LogP contribution in [0.1, 0.15) is 6.42 Å². The molecule has 0 rings (SSSR count). The minimum absolute atomic E-state index is 0.543. The van der Waals surface area contributed by atoms with Gasteiger partial charge in [0.2, 0.25) is 0 Å². The Bertz CT molecular complexity index is 226. The number of nitrogens with one attached hydrogen (secondary N) is 1. The number of hydrogen-bond donors (Lipinski definition) is 1. The van der Waals surface area contributed by atoms with Crippen LogP contribution in [0.5, 0.6) is 0 Å². The molecule has 0 aliphatic heterocycles. The summed E-state index contributed by atoms with van der Waals surface area (Å²) in [5.74, 6) is 0. The highest BCUT2D eigenvalue weighted by atomic mass is 32.2. The highest BCUT2D eigenvalue weighted by Gasteiger charge is 2.19. The van der Waals surface area contributed by atoms with Crippen molar-refractivity contribution >= 4 is 10.2 Å². The van der Waals surface area contributed by atoms with Gasteiger partial charge in [0.05, 0.1) is 0 Å². The largest absolute Gasteiger partial charge is 0.320 e. The van der Waals surface area contributed by atoms with Crippen molar-refractivity contribution in [1.82, 2.24) is 13.9 Å². The summed E-state index contributed by atoms with van der Waals surface area (Å²) >= 11 is 0. The molecule has 0 spiro atoms. The van der Waals surface area contributed by atoms with E-state index in [1.165, 1.54) is 22.7 Å². The Morgan fingerprint density at radius 2 is 1.77 bits per heavy atom. The smallest absolute Gasteiger partial charge is 0.281 e. The molecule has 5 nitrogen and oxygen atoms in total. The molecular formula is C7H19N3O2S. The molecule has 0 fully saturated rings. The quantitative estimate of drug-likeness (QED) is 0.591. The molecule has 0 saturated heterocycles. The lowest BCUT2D eigenvalue weighted by atomic mass is 10.4. The molecule has 0 unspecified atom stereocenters. The molecule has 0 heterocycles. The predicted octanol–water partition coefficient (Wildman–Crippen LogP) is -0.666. The van der Waals surface area contributed by atoms with E-state index in [9.17, 15) is 8.42 Å². The van der Waals surface area contributed by atoms with Gasteiger partial charge < -0.3 is 5.32 Å². The molecule has 6 heteroatoms. The van der Waals surface area contributed by atoms with Crippen LogP contribution in [0.15, 0.2) is 0 Å². The number of nitrogens with zero attached hydrogens (tertiary/aromatic N) is 2. The van der Waals surface area contributed by atoms with Crippen molar-refractivity contribution in [2.75, 3.05) is 41.3 Å². The average Bonchev–Trinajstić information content (AvgIpc) is 2.04. The van der Waals surface area contributed by atoms with E-state index in [0.29, 0.717) is 6.54 Å². The molecule has 0 atom stereocenters. The fraction of sp³-hybridized carbons (Fsp3) is 1.00. The van der Waals surface area contributed by atoms with Gasteiger partial charge in [-0.15, -0.1) is 0 Å². The van der Waals surface area contributed by atoms with Crippen molar-refractivity contribution in [3.63, 3.8) is 0 Å². The average molecular weight is 209 g/mol. The summed E-state index contributed by atoms with van der Waals surface area (Å²) in [6.45, 7) is 1.37. The number of rotatable bonds is 6. The maximum absolute atomic E-state index is 11.5. The van der Waals surface area contributed by atoms with E-state index >= 15 is 0 Å². The molecule has 80 valence electrons. The first-order valence-electron chi connectivity index (χ1n) is 4.21. The maximum atomic E-state index is 11.5. The van der Waals surface area contributed by atoms with Crippen molar-refractivity contribution < 1.29 is 8.42 Å². The third kappa shape index (κ3) is 4.04. The summed E-state index contributed by atoms with van der Waals surface area (Å²) in [6, 6.07) is 0. The lowest BCUT2D eigenvalue weighted by Gasteiger charge is -2.20. The molecular weight excluding hydrogens is 190 g/mol. The Morgan fingerprint density at radius 3 is 2.15 bits per heavy atom. The minimum atomic E-state index is -3.22. The van der Waals surface area contributed by atoms with Crippen LogP contribution >= 0.6 is 0 Å². The van der Waals surface area contributed by atoms with Crippen LogP contribution in [-0.4, -0.2) is 58.3 Å². The van der Waals surface area contributed by atoms with Gasteiger partial charge in [-0.05, 0) is 20.0 Å². The third-order valence-electron chi connectivity index (χ3n) is 1.76. The van der Waals surface area contributed by atoms with E-state index < -0.39 is 10.2 Å². The van der Waals surface area contributed by atoms with Crippen molar-refractivity contribution in [3.8, 4) is 0 Å². The van der Waals surface area contributed by atoms with Crippen molar-refractivity contribution in [1.29, 1.82) is 0 Å². The second kappa shape index (κ2) is 5.54. The van der Waals surface area contributed by atoms with Gasteiger partial charge in [0, 0.05) is 27.7 Å². The van der Waals surface area contributed by atoms with E-state index in [4.69, 9.17) is 0 Å². The summed E-state index contributed by atoms with van der Waals surface area (Å²) in [5, 5.41) is 2.97. The molecule has 1 N–H and O–H groups in total. The lowest BCUT2D eigenvalue weighted by Crippen LogP contribution is -2.38. The first kappa shape index (κ1) is 12.8. The molecule has 13 heavy (non-hydrogen) atoms. The van der Waals surface area contributed by atoms with Gasteiger partial charge in [-0.25, -0.2) is 0 Å². The second-order valence-electron chi connectivity index (χ2n) is 3.07. The molecule has 0 aromatic rings. The first-order chi connectivity index (χ1) is 5.92. The maximum Gasteiger partial charge on any atom is 0.281 e. The van der Waals surface area contributed by atoms with Gasteiger partial charge in [0.1, 0.15) is 0 Å². The Morgan fingerprint density at radius 1 is 1.23 bits per heavy atom. The molecule has 0 saturated carbocycles. The molecule has 0 aromatic carbocycles. The second-order valence-corrected chi connectivity index (χ2v) is 5.32. The summed E-state index contributed by atoms with van der Waals surface area (Å²) in [7, 11) is 3.28. The van der Waals surface area contributed by atoms with Gasteiger partial charge in [0.15, 0.2) is 0 Å². The van der Waals surface area contributed by atoms with Gasteiger partial charge >= 0.3 is 0 Å². The van der Waals surface area contributed by atoms with E-state index in [2.05, 4.69) is 5.32 Å². The van der Waals surface area contributed by atoms with Crippen LogP contribution in [0.3, 0.4) is 0 Å². The van der Waals surface area contributed by atoms with E-state index in [0.717, 1.165) is 13.0 Å². The minimum Gasteiger partial charge on any atom is -0.320 e. The summed E-state index contributed by atoms with van der Waals surface area (Å²) in [4.78, 5) is 0. The van der Waals surface area contributed by atoms with E-state index in [1.807, 2.05) is 7.05 Å². The number of hydrogen-bond acceptors (Lipinski definition) is 3. The molecule has 0 aliphatic rings. The third-order valence-corrected chi connectivity index (χ3v) is 3.65. The SMILES string of the molecule is CNCCCN(C)S(=O)(=O)N(C)C. The molecule has 0 radical (unpaired) electrons. The predicted molar refractivity (Wildman–Crippen MR) is 53.8 cm³/mol. The zero-order chi connectivity index (χ0) is 10.5. The van der Waals surface area contributed by atoms with Crippen molar-refractivity contribution in [2.24, 2.45) is 0 Å². The first-order valence-corrected chi connectivity index (χ1v) is 5.61. The fourth-order valence-electron chi connectivity index (χ4n) is 0.873. The van der Waals surface area contributed by atoms with E-state index in [-0.39, 0.29) is 0 Å². The zero-order valence-corrected chi connectivity index (χ0v) is 9.56. The van der Waals surface area contributed by atoms with Crippen LogP contribution in [0, 0.1) is 0 Å². The molecule has 0 amide bonds. The van der Waals surface area contributed by atoms with Gasteiger partial charge in [-0.1, -0.05) is 0 Å². The van der Waals surface area contributed by atoms with Crippen LogP contribution in [0.25, 0.3) is 0 Å². The topological polar surface area (TPSA) is 52.7 Å². The normalized spacial score (nSPS) is 12.8. The monoisotopic (exact) mass is 209 g/mol. The molecule has 0 aliphatic carbocycles. The fourth-order valence-corrected chi connectivity index (χ4v) is 1.79. The van der Waals surface area contributed by atoms with E-state index in [1.54, 1.807) is 7.05 Å². The highest BCUT2D eigenvalue weighted by Crippen LogP contribution is 2.00. The Labute approximate surface area is 80.9 Å². The van der Waals surface area contributed by atoms with Crippen LogP contribution in [0.4, 0.5) is 0 Å². The summed E-state index contributed by atoms with van der Waals surface area (Å²) in [6.07, 6.45) is 0.820.